The van der Waals surface area contributed by atoms with Crippen molar-refractivity contribution in [1.29, 1.82) is 0 Å². The molecule has 0 saturated heterocycles. The third-order valence-electron chi connectivity index (χ3n) is 3.03. The Morgan fingerprint density at radius 1 is 0.958 bits per heavy atom. The van der Waals surface area contributed by atoms with Gasteiger partial charge in [-0.25, -0.2) is 4.98 Å². The molecule has 0 unspecified atom stereocenters. The van der Waals surface area contributed by atoms with Crippen LogP contribution < -0.4 is 9.47 Å². The van der Waals surface area contributed by atoms with Crippen LogP contribution in [0.2, 0.25) is 5.02 Å². The zero-order valence-corrected chi connectivity index (χ0v) is 13.0. The Balaban J connectivity index is 1.71. The zero-order valence-electron chi connectivity index (χ0n) is 12.3. The third-order valence-corrected chi connectivity index (χ3v) is 3.32. The van der Waals surface area contributed by atoms with Crippen LogP contribution in [0.25, 0.3) is 0 Å². The van der Waals surface area contributed by atoms with Crippen molar-refractivity contribution in [2.24, 2.45) is 0 Å². The summed E-state index contributed by atoms with van der Waals surface area (Å²) in [5, 5.41) is 10.8. The van der Waals surface area contributed by atoms with E-state index in [1.807, 2.05) is 30.3 Å². The molecule has 1 aromatic heterocycles. The smallest absolute Gasteiger partial charge is 0.271 e. The van der Waals surface area contributed by atoms with Crippen LogP contribution >= 0.6 is 11.6 Å². The molecule has 0 N–H and O–H groups in total. The Hall–Kier alpha value is -3.12. The summed E-state index contributed by atoms with van der Waals surface area (Å²) in [6.07, 6.45) is 1.48. The minimum atomic E-state index is -0.521. The first-order valence-corrected chi connectivity index (χ1v) is 7.30. The van der Waals surface area contributed by atoms with E-state index in [0.717, 1.165) is 0 Å². The molecule has 24 heavy (non-hydrogen) atoms. The first-order valence-electron chi connectivity index (χ1n) is 6.92. The molecule has 0 bridgehead atoms. The highest BCUT2D eigenvalue weighted by molar-refractivity contribution is 6.32. The van der Waals surface area contributed by atoms with Crippen LogP contribution in [0.5, 0.6) is 23.1 Å². The van der Waals surface area contributed by atoms with E-state index in [2.05, 4.69) is 4.98 Å². The predicted molar refractivity (Wildman–Crippen MR) is 88.9 cm³/mol. The molecule has 0 aliphatic rings. The lowest BCUT2D eigenvalue weighted by Crippen LogP contribution is -1.91. The van der Waals surface area contributed by atoms with E-state index >= 15 is 0 Å². The second-order valence-electron chi connectivity index (χ2n) is 4.72. The van der Waals surface area contributed by atoms with E-state index in [1.165, 1.54) is 24.4 Å². The number of rotatable bonds is 5. The van der Waals surface area contributed by atoms with Gasteiger partial charge in [-0.2, -0.15) is 0 Å². The highest BCUT2D eigenvalue weighted by Gasteiger charge is 2.11. The van der Waals surface area contributed by atoms with Crippen molar-refractivity contribution in [3.63, 3.8) is 0 Å². The van der Waals surface area contributed by atoms with Crippen LogP contribution in [0.1, 0.15) is 0 Å². The van der Waals surface area contributed by atoms with Gasteiger partial charge in [-0.1, -0.05) is 29.8 Å². The van der Waals surface area contributed by atoms with Crippen LogP contribution in [-0.4, -0.2) is 9.91 Å². The molecule has 1 heterocycles. The number of nitrogens with zero attached hydrogens (tertiary/aromatic N) is 2. The lowest BCUT2D eigenvalue weighted by atomic mass is 10.3. The topological polar surface area (TPSA) is 74.5 Å². The van der Waals surface area contributed by atoms with Gasteiger partial charge in [0.25, 0.3) is 5.69 Å². The number of benzene rings is 2. The highest BCUT2D eigenvalue weighted by Crippen LogP contribution is 2.32. The molecular formula is C17H11ClN2O4. The predicted octanol–water partition coefficient (Wildman–Crippen LogP) is 5.23. The number of hydrogen-bond donors (Lipinski definition) is 0. The third kappa shape index (κ3) is 3.80. The van der Waals surface area contributed by atoms with E-state index in [-0.39, 0.29) is 10.7 Å². The normalized spacial score (nSPS) is 10.2. The molecule has 0 aliphatic carbocycles. The standard InChI is InChI=1S/C17H11ClN2O4/c18-15-10-12(20(21)22)6-8-16(15)23-14-7-9-17(19-11-14)24-13-4-2-1-3-5-13/h1-11H. The molecule has 2 aromatic carbocycles. The molecule has 0 saturated carbocycles. The van der Waals surface area contributed by atoms with Gasteiger partial charge in [-0.3, -0.25) is 10.1 Å². The van der Waals surface area contributed by atoms with Crippen LogP contribution in [-0.2, 0) is 0 Å². The lowest BCUT2D eigenvalue weighted by Gasteiger charge is -2.08. The van der Waals surface area contributed by atoms with E-state index in [9.17, 15) is 10.1 Å². The van der Waals surface area contributed by atoms with Crippen molar-refractivity contribution in [3.8, 4) is 23.1 Å². The quantitative estimate of drug-likeness (QED) is 0.469. The van der Waals surface area contributed by atoms with Gasteiger partial charge in [0, 0.05) is 18.2 Å². The van der Waals surface area contributed by atoms with Gasteiger partial charge < -0.3 is 9.47 Å². The van der Waals surface area contributed by atoms with E-state index in [4.69, 9.17) is 21.1 Å². The molecule has 3 rings (SSSR count). The van der Waals surface area contributed by atoms with Crippen molar-refractivity contribution in [2.75, 3.05) is 0 Å². The minimum Gasteiger partial charge on any atom is -0.454 e. The molecule has 120 valence electrons. The van der Waals surface area contributed by atoms with Crippen LogP contribution in [0.3, 0.4) is 0 Å². The summed E-state index contributed by atoms with van der Waals surface area (Å²) in [6.45, 7) is 0. The van der Waals surface area contributed by atoms with E-state index in [0.29, 0.717) is 23.1 Å². The second-order valence-corrected chi connectivity index (χ2v) is 5.13. The Labute approximate surface area is 142 Å². The molecule has 0 aliphatic heterocycles. The first-order chi connectivity index (χ1) is 11.6. The monoisotopic (exact) mass is 342 g/mol. The molecule has 7 heteroatoms. The average Bonchev–Trinajstić information content (AvgIpc) is 2.59. The largest absolute Gasteiger partial charge is 0.454 e. The highest BCUT2D eigenvalue weighted by atomic mass is 35.5. The Kier molecular flexibility index (Phi) is 4.58. The summed E-state index contributed by atoms with van der Waals surface area (Å²) in [7, 11) is 0. The summed E-state index contributed by atoms with van der Waals surface area (Å²) in [4.78, 5) is 14.3. The maximum Gasteiger partial charge on any atom is 0.271 e. The molecule has 0 fully saturated rings. The van der Waals surface area contributed by atoms with Crippen LogP contribution in [0.15, 0.2) is 66.9 Å². The Bertz CT molecular complexity index is 854. The van der Waals surface area contributed by atoms with Crippen LogP contribution in [0, 0.1) is 10.1 Å². The zero-order chi connectivity index (χ0) is 16.9. The van der Waals surface area contributed by atoms with Crippen molar-refractivity contribution in [1.82, 2.24) is 4.98 Å². The van der Waals surface area contributed by atoms with Gasteiger partial charge >= 0.3 is 0 Å². The summed E-state index contributed by atoms with van der Waals surface area (Å²) in [5.41, 5.74) is -0.0999. The number of non-ortho nitro benzene ring substituents is 1. The maximum atomic E-state index is 10.7. The number of hydrogen-bond acceptors (Lipinski definition) is 5. The number of nitro groups is 1. The van der Waals surface area contributed by atoms with Crippen LogP contribution in [0.4, 0.5) is 5.69 Å². The molecule has 6 nitrogen and oxygen atoms in total. The van der Waals surface area contributed by atoms with Gasteiger partial charge in [0.05, 0.1) is 16.1 Å². The molecular weight excluding hydrogens is 332 g/mol. The van der Waals surface area contributed by atoms with Gasteiger partial charge in [0.2, 0.25) is 5.88 Å². The SMILES string of the molecule is O=[N+]([O-])c1ccc(Oc2ccc(Oc3ccccc3)nc2)c(Cl)c1. The van der Waals surface area contributed by atoms with Gasteiger partial charge in [0.15, 0.2) is 0 Å². The number of ether oxygens (including phenoxy) is 2. The number of aromatic nitrogens is 1. The van der Waals surface area contributed by atoms with Crippen molar-refractivity contribution < 1.29 is 14.4 Å². The number of halogens is 1. The maximum absolute atomic E-state index is 10.7. The average molecular weight is 343 g/mol. The van der Waals surface area contributed by atoms with Crippen molar-refractivity contribution in [3.05, 3.63) is 82.0 Å². The molecule has 0 spiro atoms. The molecule has 3 aromatic rings. The van der Waals surface area contributed by atoms with Gasteiger partial charge in [0.1, 0.15) is 17.2 Å². The minimum absolute atomic E-state index is 0.0999. The number of nitro benzene ring substituents is 1. The molecule has 0 atom stereocenters. The fourth-order valence-corrected chi connectivity index (χ4v) is 2.12. The second kappa shape index (κ2) is 6.97. The summed E-state index contributed by atoms with van der Waals surface area (Å²) >= 11 is 5.99. The first kappa shape index (κ1) is 15.8. The van der Waals surface area contributed by atoms with Crippen molar-refractivity contribution in [2.45, 2.75) is 0 Å². The van der Waals surface area contributed by atoms with Gasteiger partial charge in [-0.15, -0.1) is 0 Å². The molecule has 0 radical (unpaired) electrons. The van der Waals surface area contributed by atoms with Crippen molar-refractivity contribution >= 4 is 17.3 Å². The summed E-state index contributed by atoms with van der Waals surface area (Å²) < 4.78 is 11.2. The fourth-order valence-electron chi connectivity index (χ4n) is 1.91. The Morgan fingerprint density at radius 3 is 2.38 bits per heavy atom. The fraction of sp³-hybridized carbons (Fsp3) is 0. The molecule has 0 amide bonds. The van der Waals surface area contributed by atoms with Gasteiger partial charge in [-0.05, 0) is 24.3 Å². The summed E-state index contributed by atoms with van der Waals surface area (Å²) in [5.74, 6) is 1.84. The number of pyridine rings is 1. The Morgan fingerprint density at radius 2 is 1.75 bits per heavy atom. The van der Waals surface area contributed by atoms with E-state index in [1.54, 1.807) is 12.1 Å². The lowest BCUT2D eigenvalue weighted by molar-refractivity contribution is -0.384. The summed E-state index contributed by atoms with van der Waals surface area (Å²) in [6, 6.07) is 16.6. The number of para-hydroxylation sites is 1. The van der Waals surface area contributed by atoms with E-state index < -0.39 is 4.92 Å².